The van der Waals surface area contributed by atoms with E-state index in [0.717, 1.165) is 18.2 Å². The molecule has 1 aromatic rings. The minimum Gasteiger partial charge on any atom is -0.453 e. The van der Waals surface area contributed by atoms with E-state index >= 15 is 0 Å². The van der Waals surface area contributed by atoms with E-state index in [1.807, 2.05) is 0 Å². The lowest BCUT2D eigenvalue weighted by Gasteiger charge is -2.18. The van der Waals surface area contributed by atoms with Crippen LogP contribution in [0.15, 0.2) is 18.2 Å². The van der Waals surface area contributed by atoms with Gasteiger partial charge in [-0.2, -0.15) is 0 Å². The van der Waals surface area contributed by atoms with Crippen LogP contribution in [0.4, 0.5) is 13.6 Å². The first-order chi connectivity index (χ1) is 10.5. The van der Waals surface area contributed by atoms with Gasteiger partial charge in [-0.1, -0.05) is 6.92 Å². The molecule has 0 aliphatic heterocycles. The molecule has 0 heterocycles. The van der Waals surface area contributed by atoms with Crippen LogP contribution in [0.3, 0.4) is 0 Å². The van der Waals surface area contributed by atoms with Gasteiger partial charge in [0, 0.05) is 18.5 Å². The van der Waals surface area contributed by atoms with Crippen LogP contribution in [0.5, 0.6) is 0 Å². The number of hydrogen-bond donors (Lipinski definition) is 2. The second-order valence-electron chi connectivity index (χ2n) is 4.72. The number of halogens is 2. The average Bonchev–Trinajstić information content (AvgIpc) is 2.51. The van der Waals surface area contributed by atoms with Crippen molar-refractivity contribution in [2.45, 2.75) is 32.2 Å². The third-order valence-electron chi connectivity index (χ3n) is 3.11. The maximum Gasteiger partial charge on any atom is 0.406 e. The second kappa shape index (κ2) is 8.96. The molecule has 22 heavy (non-hydrogen) atoms. The summed E-state index contributed by atoms with van der Waals surface area (Å²) < 4.78 is 31.3. The topological polar surface area (TPSA) is 67.4 Å². The SMILES string of the molecule is CC[C@H](NC(=O)CCCNC(=O)OC)c1cc(F)ccc1F. The van der Waals surface area contributed by atoms with Gasteiger partial charge in [0.1, 0.15) is 11.6 Å². The highest BCUT2D eigenvalue weighted by Gasteiger charge is 2.17. The van der Waals surface area contributed by atoms with Crippen molar-refractivity contribution in [1.82, 2.24) is 10.6 Å². The van der Waals surface area contributed by atoms with Crippen molar-refractivity contribution in [3.63, 3.8) is 0 Å². The molecular formula is C15H20F2N2O3. The molecule has 0 fully saturated rings. The van der Waals surface area contributed by atoms with Crippen LogP contribution >= 0.6 is 0 Å². The number of rotatable bonds is 7. The Kier molecular flexibility index (Phi) is 7.28. The lowest BCUT2D eigenvalue weighted by atomic mass is 10.0. The van der Waals surface area contributed by atoms with Gasteiger partial charge in [0.15, 0.2) is 0 Å². The Morgan fingerprint density at radius 1 is 1.32 bits per heavy atom. The third kappa shape index (κ3) is 5.67. The van der Waals surface area contributed by atoms with E-state index in [0.29, 0.717) is 19.4 Å². The molecule has 1 aromatic carbocycles. The van der Waals surface area contributed by atoms with Crippen LogP contribution in [0.2, 0.25) is 0 Å². The van der Waals surface area contributed by atoms with Gasteiger partial charge in [-0.3, -0.25) is 4.79 Å². The van der Waals surface area contributed by atoms with E-state index in [2.05, 4.69) is 15.4 Å². The zero-order chi connectivity index (χ0) is 16.5. The Labute approximate surface area is 128 Å². The number of benzene rings is 1. The molecule has 0 aliphatic rings. The molecule has 1 rings (SSSR count). The van der Waals surface area contributed by atoms with Crippen molar-refractivity contribution in [2.24, 2.45) is 0 Å². The van der Waals surface area contributed by atoms with Crippen LogP contribution in [-0.4, -0.2) is 25.7 Å². The van der Waals surface area contributed by atoms with Crippen LogP contribution < -0.4 is 10.6 Å². The summed E-state index contributed by atoms with van der Waals surface area (Å²) in [7, 11) is 1.25. The molecule has 0 saturated carbocycles. The summed E-state index contributed by atoms with van der Waals surface area (Å²) in [6, 6.07) is 2.57. The number of carbonyl (C=O) groups is 2. The lowest BCUT2D eigenvalue weighted by Crippen LogP contribution is -2.30. The largest absolute Gasteiger partial charge is 0.453 e. The van der Waals surface area contributed by atoms with Crippen molar-refractivity contribution in [2.75, 3.05) is 13.7 Å². The van der Waals surface area contributed by atoms with E-state index in [-0.39, 0.29) is 17.9 Å². The van der Waals surface area contributed by atoms with Crippen molar-refractivity contribution >= 4 is 12.0 Å². The Morgan fingerprint density at radius 2 is 2.05 bits per heavy atom. The van der Waals surface area contributed by atoms with Gasteiger partial charge < -0.3 is 15.4 Å². The molecular weight excluding hydrogens is 294 g/mol. The quantitative estimate of drug-likeness (QED) is 0.760. The van der Waals surface area contributed by atoms with Crippen LogP contribution in [-0.2, 0) is 9.53 Å². The Morgan fingerprint density at radius 3 is 2.68 bits per heavy atom. The Balaban J connectivity index is 2.50. The highest BCUT2D eigenvalue weighted by atomic mass is 19.1. The van der Waals surface area contributed by atoms with E-state index in [1.54, 1.807) is 6.92 Å². The molecule has 0 spiro atoms. The summed E-state index contributed by atoms with van der Waals surface area (Å²) in [6.45, 7) is 2.07. The van der Waals surface area contributed by atoms with E-state index in [1.165, 1.54) is 7.11 Å². The number of nitrogens with one attached hydrogen (secondary N) is 2. The van der Waals surface area contributed by atoms with Gasteiger partial charge >= 0.3 is 6.09 Å². The maximum absolute atomic E-state index is 13.7. The first-order valence-electron chi connectivity index (χ1n) is 7.04. The highest BCUT2D eigenvalue weighted by molar-refractivity contribution is 5.76. The predicted molar refractivity (Wildman–Crippen MR) is 77.2 cm³/mol. The fourth-order valence-corrected chi connectivity index (χ4v) is 1.96. The number of carbonyl (C=O) groups excluding carboxylic acids is 2. The minimum absolute atomic E-state index is 0.128. The second-order valence-corrected chi connectivity index (χ2v) is 4.72. The average molecular weight is 314 g/mol. The highest BCUT2D eigenvalue weighted by Crippen LogP contribution is 2.21. The predicted octanol–water partition coefficient (Wildman–Crippen LogP) is 2.67. The van der Waals surface area contributed by atoms with E-state index in [9.17, 15) is 18.4 Å². The summed E-state index contributed by atoms with van der Waals surface area (Å²) in [5.41, 5.74) is 0.128. The number of methoxy groups -OCH3 is 1. The maximum atomic E-state index is 13.7. The molecule has 0 unspecified atom stereocenters. The third-order valence-corrected chi connectivity index (χ3v) is 3.11. The van der Waals surface area contributed by atoms with Crippen LogP contribution in [0.25, 0.3) is 0 Å². The zero-order valence-corrected chi connectivity index (χ0v) is 12.6. The number of hydrogen-bond acceptors (Lipinski definition) is 3. The molecule has 5 nitrogen and oxygen atoms in total. The van der Waals surface area contributed by atoms with Gasteiger partial charge in [-0.15, -0.1) is 0 Å². The first-order valence-corrected chi connectivity index (χ1v) is 7.04. The summed E-state index contributed by atoms with van der Waals surface area (Å²) in [6.07, 6.45) is 0.459. The van der Waals surface area contributed by atoms with Gasteiger partial charge in [-0.25, -0.2) is 13.6 Å². The molecule has 0 bridgehead atoms. The molecule has 0 aromatic heterocycles. The smallest absolute Gasteiger partial charge is 0.406 e. The molecule has 122 valence electrons. The van der Waals surface area contributed by atoms with Crippen molar-refractivity contribution < 1.29 is 23.1 Å². The molecule has 2 N–H and O–H groups in total. The van der Waals surface area contributed by atoms with Crippen LogP contribution in [0.1, 0.15) is 37.8 Å². The minimum atomic E-state index is -0.586. The monoisotopic (exact) mass is 314 g/mol. The first kappa shape index (κ1) is 17.9. The normalized spacial score (nSPS) is 11.6. The van der Waals surface area contributed by atoms with Gasteiger partial charge in [0.2, 0.25) is 5.91 Å². The number of alkyl carbamates (subject to hydrolysis) is 1. The molecule has 2 amide bonds. The van der Waals surface area contributed by atoms with Gasteiger partial charge in [-0.05, 0) is 31.0 Å². The number of amides is 2. The molecule has 0 aliphatic carbocycles. The summed E-state index contributed by atoms with van der Waals surface area (Å²) in [4.78, 5) is 22.6. The molecule has 0 saturated heterocycles. The van der Waals surface area contributed by atoms with Gasteiger partial charge in [0.05, 0.1) is 13.2 Å². The fourth-order valence-electron chi connectivity index (χ4n) is 1.96. The standard InChI is InChI=1S/C15H20F2N2O3/c1-3-13(11-9-10(16)6-7-12(11)17)19-14(20)5-4-8-18-15(21)22-2/h6-7,9,13H,3-5,8H2,1-2H3,(H,18,21)(H,19,20)/t13-/m0/s1. The Hall–Kier alpha value is -2.18. The summed E-state index contributed by atoms with van der Waals surface area (Å²) in [5.74, 6) is -1.39. The molecule has 0 radical (unpaired) electrons. The summed E-state index contributed by atoms with van der Waals surface area (Å²) in [5, 5.41) is 5.12. The Bertz CT molecular complexity index is 524. The van der Waals surface area contributed by atoms with Crippen LogP contribution in [0, 0.1) is 11.6 Å². The fraction of sp³-hybridized carbons (Fsp3) is 0.467. The van der Waals surface area contributed by atoms with E-state index in [4.69, 9.17) is 0 Å². The van der Waals surface area contributed by atoms with Crippen molar-refractivity contribution in [3.8, 4) is 0 Å². The molecule has 1 atom stereocenters. The summed E-state index contributed by atoms with van der Waals surface area (Å²) >= 11 is 0. The van der Waals surface area contributed by atoms with Crippen molar-refractivity contribution in [3.05, 3.63) is 35.4 Å². The van der Waals surface area contributed by atoms with Crippen molar-refractivity contribution in [1.29, 1.82) is 0 Å². The zero-order valence-electron chi connectivity index (χ0n) is 12.6. The van der Waals surface area contributed by atoms with E-state index < -0.39 is 23.8 Å². The van der Waals surface area contributed by atoms with Gasteiger partial charge in [0.25, 0.3) is 0 Å². The number of ether oxygens (including phenoxy) is 1. The molecule has 7 heteroatoms. The lowest BCUT2D eigenvalue weighted by molar-refractivity contribution is -0.122.